The van der Waals surface area contributed by atoms with Crippen molar-refractivity contribution in [2.75, 3.05) is 38.2 Å². The number of benzene rings is 2. The van der Waals surface area contributed by atoms with Crippen LogP contribution in [0.3, 0.4) is 0 Å². The number of methoxy groups -OCH3 is 1. The zero-order chi connectivity index (χ0) is 20.3. The molecule has 8 heteroatoms. The van der Waals surface area contributed by atoms with Crippen molar-refractivity contribution in [3.63, 3.8) is 0 Å². The minimum absolute atomic E-state index is 0.0152. The van der Waals surface area contributed by atoms with Crippen LogP contribution in [0.1, 0.15) is 26.3 Å². The predicted octanol–water partition coefficient (Wildman–Crippen LogP) is 2.65. The summed E-state index contributed by atoms with van der Waals surface area (Å²) in [4.78, 5) is 38.8. The van der Waals surface area contributed by atoms with Crippen LogP contribution in [0.15, 0.2) is 42.5 Å². The van der Waals surface area contributed by atoms with Gasteiger partial charge in [-0.05, 0) is 31.2 Å². The van der Waals surface area contributed by atoms with Crippen molar-refractivity contribution >= 4 is 23.3 Å². The molecule has 0 aromatic heterocycles. The van der Waals surface area contributed by atoms with Gasteiger partial charge in [-0.25, -0.2) is 4.79 Å². The summed E-state index contributed by atoms with van der Waals surface area (Å²) in [6.07, 6.45) is 0. The highest BCUT2D eigenvalue weighted by molar-refractivity contribution is 5.95. The number of rotatable bonds is 4. The normalized spacial score (nSPS) is 13.9. The van der Waals surface area contributed by atoms with Gasteiger partial charge in [0.25, 0.3) is 11.6 Å². The van der Waals surface area contributed by atoms with Crippen LogP contribution >= 0.6 is 0 Å². The van der Waals surface area contributed by atoms with E-state index in [0.29, 0.717) is 37.4 Å². The zero-order valence-corrected chi connectivity index (χ0v) is 15.8. The Balaban J connectivity index is 1.72. The number of nitro groups is 1. The highest BCUT2D eigenvalue weighted by Gasteiger charge is 2.26. The van der Waals surface area contributed by atoms with Crippen LogP contribution < -0.4 is 4.90 Å². The Kier molecular flexibility index (Phi) is 5.58. The van der Waals surface area contributed by atoms with Gasteiger partial charge in [-0.2, -0.15) is 0 Å². The van der Waals surface area contributed by atoms with Crippen LogP contribution in [0, 0.1) is 17.0 Å². The first-order valence-electron chi connectivity index (χ1n) is 8.88. The second kappa shape index (κ2) is 8.08. The average Bonchev–Trinajstić information content (AvgIpc) is 2.72. The predicted molar refractivity (Wildman–Crippen MR) is 104 cm³/mol. The molecule has 0 spiro atoms. The van der Waals surface area contributed by atoms with Gasteiger partial charge in [-0.15, -0.1) is 0 Å². The third-order valence-electron chi connectivity index (χ3n) is 4.81. The summed E-state index contributed by atoms with van der Waals surface area (Å²) in [6, 6.07) is 11.9. The number of anilines is 1. The number of piperazine rings is 1. The molecular weight excluding hydrogens is 362 g/mol. The molecule has 0 saturated carbocycles. The molecule has 1 aliphatic heterocycles. The number of amides is 1. The van der Waals surface area contributed by atoms with Crippen LogP contribution in [0.2, 0.25) is 0 Å². The topological polar surface area (TPSA) is 93.0 Å². The molecular formula is C20H21N3O5. The summed E-state index contributed by atoms with van der Waals surface area (Å²) in [5.74, 6) is -0.764. The Morgan fingerprint density at radius 3 is 2.25 bits per heavy atom. The fourth-order valence-electron chi connectivity index (χ4n) is 3.20. The largest absolute Gasteiger partial charge is 0.465 e. The molecule has 1 aliphatic rings. The molecule has 146 valence electrons. The Morgan fingerprint density at radius 2 is 1.68 bits per heavy atom. The van der Waals surface area contributed by atoms with E-state index in [1.54, 1.807) is 11.0 Å². The monoisotopic (exact) mass is 383 g/mol. The Morgan fingerprint density at radius 1 is 1.04 bits per heavy atom. The van der Waals surface area contributed by atoms with Gasteiger partial charge < -0.3 is 14.5 Å². The lowest BCUT2D eigenvalue weighted by Gasteiger charge is -2.36. The molecule has 2 aromatic rings. The first kappa shape index (κ1) is 19.3. The molecule has 1 fully saturated rings. The molecule has 1 heterocycles. The summed E-state index contributed by atoms with van der Waals surface area (Å²) < 4.78 is 4.66. The lowest BCUT2D eigenvalue weighted by atomic mass is 10.1. The number of carbonyl (C=O) groups is 2. The lowest BCUT2D eigenvalue weighted by Crippen LogP contribution is -2.48. The van der Waals surface area contributed by atoms with E-state index in [4.69, 9.17) is 0 Å². The summed E-state index contributed by atoms with van der Waals surface area (Å²) >= 11 is 0. The quantitative estimate of drug-likeness (QED) is 0.458. The van der Waals surface area contributed by atoms with Crippen LogP contribution in [0.4, 0.5) is 11.4 Å². The lowest BCUT2D eigenvalue weighted by molar-refractivity contribution is -0.385. The third-order valence-corrected chi connectivity index (χ3v) is 4.81. The Labute approximate surface area is 162 Å². The number of hydrogen-bond acceptors (Lipinski definition) is 6. The number of carbonyl (C=O) groups excluding carboxylic acids is 2. The molecule has 0 unspecified atom stereocenters. The van der Waals surface area contributed by atoms with Gasteiger partial charge in [-0.3, -0.25) is 14.9 Å². The standard InChI is InChI=1S/C20H21N3O5/c1-14-3-5-15(6-4-14)19(24)22-11-9-21(10-12-22)16-7-8-18(23(26)27)17(13-16)20(25)28-2/h3-8,13H,9-12H2,1-2H3. The minimum Gasteiger partial charge on any atom is -0.465 e. The van der Waals surface area contributed by atoms with E-state index in [1.807, 2.05) is 36.1 Å². The minimum atomic E-state index is -0.748. The van der Waals surface area contributed by atoms with E-state index in [9.17, 15) is 19.7 Å². The zero-order valence-electron chi connectivity index (χ0n) is 15.8. The van der Waals surface area contributed by atoms with Crippen LogP contribution in [0.5, 0.6) is 0 Å². The SMILES string of the molecule is COC(=O)c1cc(N2CCN(C(=O)c3ccc(C)cc3)CC2)ccc1[N+](=O)[O-]. The van der Waals surface area contributed by atoms with E-state index < -0.39 is 10.9 Å². The first-order chi connectivity index (χ1) is 13.4. The number of aryl methyl sites for hydroxylation is 1. The fourth-order valence-corrected chi connectivity index (χ4v) is 3.20. The Bertz CT molecular complexity index is 903. The average molecular weight is 383 g/mol. The van der Waals surface area contributed by atoms with Crippen molar-refractivity contribution in [1.29, 1.82) is 0 Å². The molecule has 0 atom stereocenters. The number of ether oxygens (including phenoxy) is 1. The van der Waals surface area contributed by atoms with Crippen molar-refractivity contribution in [3.05, 3.63) is 69.3 Å². The molecule has 0 aliphatic carbocycles. The number of esters is 1. The smallest absolute Gasteiger partial charge is 0.344 e. The number of hydrogen-bond donors (Lipinski definition) is 0. The molecule has 2 aromatic carbocycles. The molecule has 3 rings (SSSR count). The van der Waals surface area contributed by atoms with E-state index in [-0.39, 0.29) is 17.2 Å². The van der Waals surface area contributed by atoms with E-state index >= 15 is 0 Å². The highest BCUT2D eigenvalue weighted by Crippen LogP contribution is 2.26. The second-order valence-electron chi connectivity index (χ2n) is 6.60. The van der Waals surface area contributed by atoms with Crippen molar-refractivity contribution < 1.29 is 19.2 Å². The molecule has 0 radical (unpaired) electrons. The maximum Gasteiger partial charge on any atom is 0.344 e. The van der Waals surface area contributed by atoms with Crippen LogP contribution in [0.25, 0.3) is 0 Å². The van der Waals surface area contributed by atoms with Gasteiger partial charge in [0.1, 0.15) is 5.56 Å². The maximum atomic E-state index is 12.6. The van der Waals surface area contributed by atoms with Crippen molar-refractivity contribution in [1.82, 2.24) is 4.90 Å². The van der Waals surface area contributed by atoms with Crippen LogP contribution in [-0.2, 0) is 4.74 Å². The summed E-state index contributed by atoms with van der Waals surface area (Å²) in [6.45, 7) is 4.15. The summed E-state index contributed by atoms with van der Waals surface area (Å²) in [7, 11) is 1.19. The van der Waals surface area contributed by atoms with E-state index in [1.165, 1.54) is 19.2 Å². The molecule has 0 bridgehead atoms. The van der Waals surface area contributed by atoms with Gasteiger partial charge in [0.05, 0.1) is 12.0 Å². The number of nitrogens with zero attached hydrogens (tertiary/aromatic N) is 3. The summed E-state index contributed by atoms with van der Waals surface area (Å²) in [5.41, 5.74) is 2.07. The maximum absolute atomic E-state index is 12.6. The highest BCUT2D eigenvalue weighted by atomic mass is 16.6. The Hall–Kier alpha value is -3.42. The van der Waals surface area contributed by atoms with Gasteiger partial charge in [-0.1, -0.05) is 17.7 Å². The van der Waals surface area contributed by atoms with Crippen LogP contribution in [-0.4, -0.2) is 55.0 Å². The first-order valence-corrected chi connectivity index (χ1v) is 8.88. The fraction of sp³-hybridized carbons (Fsp3) is 0.300. The third kappa shape index (κ3) is 3.95. The van der Waals surface area contributed by atoms with E-state index in [0.717, 1.165) is 5.56 Å². The molecule has 1 amide bonds. The van der Waals surface area contributed by atoms with E-state index in [2.05, 4.69) is 4.74 Å². The molecule has 8 nitrogen and oxygen atoms in total. The van der Waals surface area contributed by atoms with Crippen molar-refractivity contribution in [2.45, 2.75) is 6.92 Å². The van der Waals surface area contributed by atoms with Gasteiger partial charge in [0.2, 0.25) is 0 Å². The number of nitro benzene ring substituents is 1. The van der Waals surface area contributed by atoms with Gasteiger partial charge in [0, 0.05) is 43.5 Å². The van der Waals surface area contributed by atoms with Crippen molar-refractivity contribution in [3.8, 4) is 0 Å². The summed E-state index contributed by atoms with van der Waals surface area (Å²) in [5, 5.41) is 11.1. The van der Waals surface area contributed by atoms with Gasteiger partial charge in [0.15, 0.2) is 0 Å². The second-order valence-corrected chi connectivity index (χ2v) is 6.60. The molecule has 0 N–H and O–H groups in total. The van der Waals surface area contributed by atoms with Gasteiger partial charge >= 0.3 is 5.97 Å². The molecule has 28 heavy (non-hydrogen) atoms. The van der Waals surface area contributed by atoms with Crippen molar-refractivity contribution in [2.24, 2.45) is 0 Å². The molecule has 1 saturated heterocycles.